The number of aromatic nitrogens is 1. The van der Waals surface area contributed by atoms with Crippen LogP contribution in [0.2, 0.25) is 0 Å². The zero-order valence-electron chi connectivity index (χ0n) is 19.8. The van der Waals surface area contributed by atoms with E-state index in [1.165, 1.54) is 11.3 Å². The number of nitrogens with zero attached hydrogens (tertiary/aromatic N) is 3. The molecule has 9 heteroatoms. The molecule has 1 saturated heterocycles. The molecule has 5 rings (SSSR count). The fourth-order valence-corrected chi connectivity index (χ4v) is 5.89. The number of carbonyl (C=O) groups is 3. The summed E-state index contributed by atoms with van der Waals surface area (Å²) in [6.07, 6.45) is 0.611. The fraction of sp³-hybridized carbons (Fsp3) is 0.385. The normalized spacial score (nSPS) is 16.8. The highest BCUT2D eigenvalue weighted by Gasteiger charge is 2.45. The van der Waals surface area contributed by atoms with E-state index < -0.39 is 11.4 Å². The summed E-state index contributed by atoms with van der Waals surface area (Å²) < 4.78 is 0.939. The first kappa shape index (κ1) is 23.4. The third-order valence-electron chi connectivity index (χ3n) is 7.11. The maximum Gasteiger partial charge on any atom is 0.304 e. The third kappa shape index (κ3) is 4.53. The molecule has 0 spiro atoms. The minimum absolute atomic E-state index is 0.00395. The van der Waals surface area contributed by atoms with Gasteiger partial charge in [-0.15, -0.1) is 11.3 Å². The molecular weight excluding hydrogens is 464 g/mol. The first-order valence-electron chi connectivity index (χ1n) is 11.7. The highest BCUT2D eigenvalue weighted by Crippen LogP contribution is 2.40. The van der Waals surface area contributed by atoms with E-state index in [1.54, 1.807) is 0 Å². The summed E-state index contributed by atoms with van der Waals surface area (Å²) in [4.78, 5) is 46.2. The van der Waals surface area contributed by atoms with Gasteiger partial charge in [-0.25, -0.2) is 4.98 Å². The lowest BCUT2D eigenvalue weighted by atomic mass is 9.80. The summed E-state index contributed by atoms with van der Waals surface area (Å²) in [7, 11) is 4.03. The highest BCUT2D eigenvalue weighted by atomic mass is 32.1. The van der Waals surface area contributed by atoms with Gasteiger partial charge in [0, 0.05) is 24.7 Å². The van der Waals surface area contributed by atoms with Crippen molar-refractivity contribution in [3.05, 3.63) is 64.2 Å². The Morgan fingerprint density at radius 2 is 1.83 bits per heavy atom. The van der Waals surface area contributed by atoms with Crippen LogP contribution in [0.3, 0.4) is 0 Å². The molecule has 0 unspecified atom stereocenters. The van der Waals surface area contributed by atoms with Crippen molar-refractivity contribution < 1.29 is 19.5 Å². The van der Waals surface area contributed by atoms with Gasteiger partial charge in [-0.3, -0.25) is 14.4 Å². The number of hydrogen-bond acceptors (Lipinski definition) is 6. The molecule has 2 aliphatic rings. The van der Waals surface area contributed by atoms with Crippen LogP contribution in [0.5, 0.6) is 0 Å². The van der Waals surface area contributed by atoms with Gasteiger partial charge in [0.1, 0.15) is 5.01 Å². The number of aliphatic carboxylic acids is 1. The lowest BCUT2D eigenvalue weighted by Gasteiger charge is -2.42. The van der Waals surface area contributed by atoms with Crippen LogP contribution in [0.4, 0.5) is 0 Å². The van der Waals surface area contributed by atoms with Gasteiger partial charge in [0.2, 0.25) is 5.91 Å². The van der Waals surface area contributed by atoms with Crippen LogP contribution in [0.1, 0.15) is 32.9 Å². The minimum Gasteiger partial charge on any atom is -0.481 e. The molecule has 0 radical (unpaired) electrons. The SMILES string of the molecule is CN(C)C1CN(C(=O)c2ccc3sc(CNC(=O)C4(CC(=O)O)Cc5ccccc5C4)nc3c2)C1. The Morgan fingerprint density at radius 1 is 1.14 bits per heavy atom. The standard InChI is InChI=1S/C26H28N4O4S/c1-29(2)19-14-30(15-19)24(33)16-7-8-21-20(9-16)28-22(35-21)13-27-25(34)26(12-23(31)32)10-17-5-3-4-6-18(17)11-26/h3-9,19H,10-15H2,1-2H3,(H,27,34)(H,31,32). The Balaban J connectivity index is 1.27. The van der Waals surface area contributed by atoms with Crippen LogP contribution in [-0.2, 0) is 29.0 Å². The molecule has 2 heterocycles. The molecule has 8 nitrogen and oxygen atoms in total. The molecule has 2 amide bonds. The molecule has 1 aromatic heterocycles. The number of carbonyl (C=O) groups excluding carboxylic acids is 2. The van der Waals surface area contributed by atoms with Crippen LogP contribution >= 0.6 is 11.3 Å². The molecule has 3 aromatic rings. The number of hydrogen-bond donors (Lipinski definition) is 2. The summed E-state index contributed by atoms with van der Waals surface area (Å²) >= 11 is 1.46. The predicted molar refractivity (Wildman–Crippen MR) is 133 cm³/mol. The minimum atomic E-state index is -0.993. The molecule has 2 aromatic carbocycles. The smallest absolute Gasteiger partial charge is 0.304 e. The first-order chi connectivity index (χ1) is 16.7. The summed E-state index contributed by atoms with van der Waals surface area (Å²) in [6.45, 7) is 1.66. The second kappa shape index (κ2) is 9.05. The van der Waals surface area contributed by atoms with Crippen molar-refractivity contribution in [2.24, 2.45) is 5.41 Å². The van der Waals surface area contributed by atoms with Gasteiger partial charge >= 0.3 is 5.97 Å². The molecular formula is C26H28N4O4S. The van der Waals surface area contributed by atoms with Gasteiger partial charge in [0.25, 0.3) is 5.91 Å². The van der Waals surface area contributed by atoms with E-state index in [-0.39, 0.29) is 24.8 Å². The molecule has 1 fully saturated rings. The number of thiazole rings is 1. The van der Waals surface area contributed by atoms with Crippen LogP contribution in [-0.4, -0.2) is 70.9 Å². The Hall–Kier alpha value is -3.30. The molecule has 2 N–H and O–H groups in total. The summed E-state index contributed by atoms with van der Waals surface area (Å²) in [5, 5.41) is 13.2. The number of carboxylic acid groups (broad SMARTS) is 1. The van der Waals surface area contributed by atoms with E-state index in [2.05, 4.69) is 15.2 Å². The Morgan fingerprint density at radius 3 is 2.46 bits per heavy atom. The largest absolute Gasteiger partial charge is 0.481 e. The van der Waals surface area contributed by atoms with Crippen LogP contribution in [0, 0.1) is 5.41 Å². The van der Waals surface area contributed by atoms with Crippen molar-refractivity contribution in [3.8, 4) is 0 Å². The Labute approximate surface area is 207 Å². The Bertz CT molecular complexity index is 1290. The number of benzene rings is 2. The lowest BCUT2D eigenvalue weighted by molar-refractivity contribution is -0.145. The molecule has 182 valence electrons. The van der Waals surface area contributed by atoms with Crippen molar-refractivity contribution in [1.82, 2.24) is 20.1 Å². The Kier molecular flexibility index (Phi) is 6.06. The van der Waals surface area contributed by atoms with E-state index >= 15 is 0 Å². The van der Waals surface area contributed by atoms with E-state index in [0.717, 1.165) is 39.4 Å². The van der Waals surface area contributed by atoms with Gasteiger partial charge < -0.3 is 20.2 Å². The lowest BCUT2D eigenvalue weighted by Crippen LogP contribution is -2.59. The fourth-order valence-electron chi connectivity index (χ4n) is 5.01. The molecule has 0 bridgehead atoms. The third-order valence-corrected chi connectivity index (χ3v) is 8.14. The van der Waals surface area contributed by atoms with E-state index in [9.17, 15) is 19.5 Å². The number of likely N-dealkylation sites (tertiary alicyclic amines) is 1. The van der Waals surface area contributed by atoms with Gasteiger partial charge in [-0.2, -0.15) is 0 Å². The molecule has 1 aliphatic heterocycles. The second-order valence-electron chi connectivity index (χ2n) is 9.77. The summed E-state index contributed by atoms with van der Waals surface area (Å²) in [5.41, 5.74) is 2.40. The molecule has 0 saturated carbocycles. The monoisotopic (exact) mass is 492 g/mol. The van der Waals surface area contributed by atoms with Crippen LogP contribution in [0.25, 0.3) is 10.2 Å². The first-order valence-corrected chi connectivity index (χ1v) is 12.5. The zero-order chi connectivity index (χ0) is 24.7. The predicted octanol–water partition coefficient (Wildman–Crippen LogP) is 2.56. The quantitative estimate of drug-likeness (QED) is 0.526. The van der Waals surface area contributed by atoms with Crippen molar-refractivity contribution in [2.75, 3.05) is 27.2 Å². The number of nitrogens with one attached hydrogen (secondary N) is 1. The van der Waals surface area contributed by atoms with Crippen molar-refractivity contribution in [1.29, 1.82) is 0 Å². The van der Waals surface area contributed by atoms with Crippen LogP contribution < -0.4 is 5.32 Å². The van der Waals surface area contributed by atoms with Gasteiger partial charge in [-0.05, 0) is 56.3 Å². The van der Waals surface area contributed by atoms with E-state index in [1.807, 2.05) is 61.5 Å². The average molecular weight is 493 g/mol. The van der Waals surface area contributed by atoms with Gasteiger partial charge in [-0.1, -0.05) is 24.3 Å². The topological polar surface area (TPSA) is 103 Å². The maximum atomic E-state index is 13.2. The zero-order valence-corrected chi connectivity index (χ0v) is 20.6. The summed E-state index contributed by atoms with van der Waals surface area (Å²) in [5.74, 6) is -1.24. The molecule has 35 heavy (non-hydrogen) atoms. The van der Waals surface area contributed by atoms with Gasteiger partial charge in [0.05, 0.1) is 28.6 Å². The van der Waals surface area contributed by atoms with E-state index in [4.69, 9.17) is 0 Å². The second-order valence-corrected chi connectivity index (χ2v) is 10.9. The number of likely N-dealkylation sites (N-methyl/N-ethyl adjacent to an activating group) is 1. The number of carboxylic acids is 1. The molecule has 0 atom stereocenters. The maximum absolute atomic E-state index is 13.2. The number of fused-ring (bicyclic) bond motifs is 2. The van der Waals surface area contributed by atoms with Crippen molar-refractivity contribution >= 4 is 39.3 Å². The highest BCUT2D eigenvalue weighted by molar-refractivity contribution is 7.18. The van der Waals surface area contributed by atoms with Crippen molar-refractivity contribution in [2.45, 2.75) is 31.8 Å². The number of rotatable bonds is 7. The van der Waals surface area contributed by atoms with E-state index in [0.29, 0.717) is 24.4 Å². The number of amides is 2. The molecule has 1 aliphatic carbocycles. The average Bonchev–Trinajstić information content (AvgIpc) is 3.36. The van der Waals surface area contributed by atoms with Crippen molar-refractivity contribution in [3.63, 3.8) is 0 Å². The summed E-state index contributed by atoms with van der Waals surface area (Å²) in [6, 6.07) is 13.7. The van der Waals surface area contributed by atoms with Gasteiger partial charge in [0.15, 0.2) is 0 Å². The van der Waals surface area contributed by atoms with Crippen LogP contribution in [0.15, 0.2) is 42.5 Å².